The standard InChI is InChI=1S/C14H13ClN2O2S/c15-11-3-1-10(2-4-11)12-6-14(19-16-12)17-7-9(8-20)5-13(17)18/h1-4,6,9,20H,5,7-8H2. The number of carbonyl (C=O) groups is 1. The zero-order valence-corrected chi connectivity index (χ0v) is 12.3. The number of rotatable bonds is 3. The number of hydrogen-bond acceptors (Lipinski definition) is 4. The van der Waals surface area contributed by atoms with E-state index in [9.17, 15) is 4.79 Å². The van der Waals surface area contributed by atoms with Crippen LogP contribution in [-0.2, 0) is 4.79 Å². The first-order valence-electron chi connectivity index (χ1n) is 6.31. The summed E-state index contributed by atoms with van der Waals surface area (Å²) in [7, 11) is 0. The smallest absolute Gasteiger partial charge is 0.234 e. The fourth-order valence-corrected chi connectivity index (χ4v) is 2.64. The summed E-state index contributed by atoms with van der Waals surface area (Å²) in [6, 6.07) is 9.10. The number of benzene rings is 1. The third-order valence-electron chi connectivity index (χ3n) is 3.37. The molecule has 0 N–H and O–H groups in total. The Morgan fingerprint density at radius 1 is 1.40 bits per heavy atom. The normalized spacial score (nSPS) is 18.8. The van der Waals surface area contributed by atoms with E-state index in [1.807, 2.05) is 12.1 Å². The van der Waals surface area contributed by atoms with Crippen molar-refractivity contribution in [1.82, 2.24) is 5.16 Å². The van der Waals surface area contributed by atoms with Crippen molar-refractivity contribution in [2.45, 2.75) is 6.42 Å². The molecule has 20 heavy (non-hydrogen) atoms. The second kappa shape index (κ2) is 5.50. The minimum absolute atomic E-state index is 0.0582. The predicted octanol–water partition coefficient (Wildman–Crippen LogP) is 3.28. The molecule has 4 nitrogen and oxygen atoms in total. The largest absolute Gasteiger partial charge is 0.338 e. The van der Waals surface area contributed by atoms with E-state index in [-0.39, 0.29) is 11.8 Å². The lowest BCUT2D eigenvalue weighted by Gasteiger charge is -2.10. The molecule has 6 heteroatoms. The number of halogens is 1. The second-order valence-electron chi connectivity index (χ2n) is 4.81. The van der Waals surface area contributed by atoms with E-state index in [2.05, 4.69) is 17.8 Å². The van der Waals surface area contributed by atoms with Crippen LogP contribution in [0, 0.1) is 5.92 Å². The molecule has 0 bridgehead atoms. The predicted molar refractivity (Wildman–Crippen MR) is 81.3 cm³/mol. The summed E-state index contributed by atoms with van der Waals surface area (Å²) in [4.78, 5) is 13.6. The van der Waals surface area contributed by atoms with Crippen molar-refractivity contribution in [2.75, 3.05) is 17.2 Å². The zero-order valence-electron chi connectivity index (χ0n) is 10.6. The zero-order chi connectivity index (χ0) is 14.1. The highest BCUT2D eigenvalue weighted by atomic mass is 35.5. The molecule has 1 atom stereocenters. The van der Waals surface area contributed by atoms with Crippen LogP contribution in [0.25, 0.3) is 11.3 Å². The molecule has 0 radical (unpaired) electrons. The van der Waals surface area contributed by atoms with Crippen LogP contribution in [0.5, 0.6) is 0 Å². The third kappa shape index (κ3) is 2.55. The van der Waals surface area contributed by atoms with Crippen molar-refractivity contribution in [1.29, 1.82) is 0 Å². The Hall–Kier alpha value is -1.46. The van der Waals surface area contributed by atoms with Gasteiger partial charge >= 0.3 is 0 Å². The molecule has 0 saturated carbocycles. The topological polar surface area (TPSA) is 46.3 Å². The Labute approximate surface area is 127 Å². The molecular formula is C14H13ClN2O2S. The molecule has 2 heterocycles. The molecule has 0 aliphatic carbocycles. The molecule has 104 valence electrons. The summed E-state index contributed by atoms with van der Waals surface area (Å²) in [5, 5.41) is 4.69. The van der Waals surface area contributed by atoms with E-state index >= 15 is 0 Å². The number of carbonyl (C=O) groups excluding carboxylic acids is 1. The van der Waals surface area contributed by atoms with Crippen LogP contribution in [0.1, 0.15) is 6.42 Å². The van der Waals surface area contributed by atoms with Crippen molar-refractivity contribution in [3.8, 4) is 11.3 Å². The SMILES string of the molecule is O=C1CC(CS)CN1c1cc(-c2ccc(Cl)cc2)no1. The average molecular weight is 309 g/mol. The van der Waals surface area contributed by atoms with Gasteiger partial charge in [-0.05, 0) is 23.8 Å². The van der Waals surface area contributed by atoms with Crippen LogP contribution in [-0.4, -0.2) is 23.4 Å². The Kier molecular flexibility index (Phi) is 3.72. The fraction of sp³-hybridized carbons (Fsp3) is 0.286. The molecule has 1 fully saturated rings. The highest BCUT2D eigenvalue weighted by Gasteiger charge is 2.32. The van der Waals surface area contributed by atoms with Gasteiger partial charge in [0.1, 0.15) is 5.69 Å². The van der Waals surface area contributed by atoms with Crippen LogP contribution >= 0.6 is 24.2 Å². The maximum atomic E-state index is 11.9. The Morgan fingerprint density at radius 2 is 2.15 bits per heavy atom. The molecule has 2 aromatic rings. The lowest BCUT2D eigenvalue weighted by atomic mass is 10.1. The summed E-state index contributed by atoms with van der Waals surface area (Å²) < 4.78 is 5.29. The summed E-state index contributed by atoms with van der Waals surface area (Å²) in [5.74, 6) is 1.52. The average Bonchev–Trinajstić information content (AvgIpc) is 3.06. The minimum Gasteiger partial charge on any atom is -0.338 e. The first kappa shape index (κ1) is 13.5. The van der Waals surface area contributed by atoms with Gasteiger partial charge in [0.05, 0.1) is 0 Å². The Bertz CT molecular complexity index is 626. The van der Waals surface area contributed by atoms with Crippen molar-refractivity contribution in [3.05, 3.63) is 35.4 Å². The van der Waals surface area contributed by atoms with E-state index < -0.39 is 0 Å². The maximum Gasteiger partial charge on any atom is 0.234 e. The lowest BCUT2D eigenvalue weighted by molar-refractivity contribution is -0.117. The van der Waals surface area contributed by atoms with Crippen LogP contribution in [0.3, 0.4) is 0 Å². The summed E-state index contributed by atoms with van der Waals surface area (Å²) >= 11 is 10.1. The third-order valence-corrected chi connectivity index (χ3v) is 4.14. The highest BCUT2D eigenvalue weighted by Crippen LogP contribution is 2.29. The quantitative estimate of drug-likeness (QED) is 0.885. The molecular weight excluding hydrogens is 296 g/mol. The monoisotopic (exact) mass is 308 g/mol. The highest BCUT2D eigenvalue weighted by molar-refractivity contribution is 7.80. The van der Waals surface area contributed by atoms with Crippen molar-refractivity contribution < 1.29 is 9.32 Å². The van der Waals surface area contributed by atoms with Gasteiger partial charge in [0.2, 0.25) is 11.8 Å². The van der Waals surface area contributed by atoms with Gasteiger partial charge in [0, 0.05) is 29.6 Å². The van der Waals surface area contributed by atoms with Crippen molar-refractivity contribution in [3.63, 3.8) is 0 Å². The first-order chi connectivity index (χ1) is 9.67. The Morgan fingerprint density at radius 3 is 2.80 bits per heavy atom. The number of thiol groups is 1. The van der Waals surface area contributed by atoms with Crippen molar-refractivity contribution >= 4 is 36.0 Å². The van der Waals surface area contributed by atoms with Crippen LogP contribution in [0.2, 0.25) is 5.02 Å². The molecule has 3 rings (SSSR count). The van der Waals surface area contributed by atoms with E-state index in [1.165, 1.54) is 0 Å². The van der Waals surface area contributed by atoms with Crippen LogP contribution in [0.15, 0.2) is 34.9 Å². The van der Waals surface area contributed by atoms with Crippen LogP contribution in [0.4, 0.5) is 5.88 Å². The molecule has 1 aliphatic heterocycles. The van der Waals surface area contributed by atoms with Crippen molar-refractivity contribution in [2.24, 2.45) is 5.92 Å². The number of hydrogen-bond donors (Lipinski definition) is 1. The van der Waals surface area contributed by atoms with Crippen LogP contribution < -0.4 is 4.90 Å². The molecule has 1 amide bonds. The molecule has 0 spiro atoms. The summed E-state index contributed by atoms with van der Waals surface area (Å²) in [5.41, 5.74) is 1.60. The second-order valence-corrected chi connectivity index (χ2v) is 5.62. The Balaban J connectivity index is 1.83. The van der Waals surface area contributed by atoms with E-state index in [4.69, 9.17) is 16.1 Å². The van der Waals surface area contributed by atoms with Gasteiger partial charge in [-0.3, -0.25) is 9.69 Å². The molecule has 1 unspecified atom stereocenters. The maximum absolute atomic E-state index is 11.9. The van der Waals surface area contributed by atoms with E-state index in [1.54, 1.807) is 23.1 Å². The van der Waals surface area contributed by atoms with Gasteiger partial charge in [-0.2, -0.15) is 12.6 Å². The summed E-state index contributed by atoms with van der Waals surface area (Å²) in [6.45, 7) is 0.636. The van der Waals surface area contributed by atoms with Gasteiger partial charge in [-0.25, -0.2) is 0 Å². The van der Waals surface area contributed by atoms with Gasteiger partial charge < -0.3 is 4.52 Å². The van der Waals surface area contributed by atoms with E-state index in [0.717, 1.165) is 5.56 Å². The number of anilines is 1. The van der Waals surface area contributed by atoms with E-state index in [0.29, 0.717) is 35.3 Å². The van der Waals surface area contributed by atoms with Gasteiger partial charge in [0.15, 0.2) is 0 Å². The number of nitrogens with zero attached hydrogens (tertiary/aromatic N) is 2. The first-order valence-corrected chi connectivity index (χ1v) is 7.32. The lowest BCUT2D eigenvalue weighted by Crippen LogP contribution is -2.24. The fourth-order valence-electron chi connectivity index (χ4n) is 2.27. The van der Waals surface area contributed by atoms with Gasteiger partial charge in [-0.15, -0.1) is 0 Å². The van der Waals surface area contributed by atoms with Gasteiger partial charge in [0.25, 0.3) is 0 Å². The van der Waals surface area contributed by atoms with Gasteiger partial charge in [-0.1, -0.05) is 28.9 Å². The molecule has 1 aromatic heterocycles. The number of amides is 1. The molecule has 1 aliphatic rings. The number of aromatic nitrogens is 1. The minimum atomic E-state index is 0.0582. The molecule has 1 aromatic carbocycles. The summed E-state index contributed by atoms with van der Waals surface area (Å²) in [6.07, 6.45) is 0.514. The molecule has 1 saturated heterocycles.